The van der Waals surface area contributed by atoms with E-state index in [0.29, 0.717) is 0 Å². The topological polar surface area (TPSA) is 29.3 Å². The number of hydrogen-bond acceptors (Lipinski definition) is 2. The molecule has 90 valence electrons. The van der Waals surface area contributed by atoms with Gasteiger partial charge in [0.15, 0.2) is 0 Å². The molecular weight excluding hydrogens is 210 g/mol. The fourth-order valence-corrected chi connectivity index (χ4v) is 2.84. The second kappa shape index (κ2) is 4.15. The van der Waals surface area contributed by atoms with Crippen molar-refractivity contribution >= 4 is 5.52 Å². The summed E-state index contributed by atoms with van der Waals surface area (Å²) in [5, 5.41) is 3.42. The predicted octanol–water partition coefficient (Wildman–Crippen LogP) is 2.42. The number of aromatic nitrogens is 2. The summed E-state index contributed by atoms with van der Waals surface area (Å²) < 4.78 is 2.18. The Morgan fingerprint density at radius 1 is 1.29 bits per heavy atom. The molecule has 1 aliphatic heterocycles. The van der Waals surface area contributed by atoms with Crippen LogP contribution in [0.4, 0.5) is 0 Å². The molecule has 1 fully saturated rings. The summed E-state index contributed by atoms with van der Waals surface area (Å²) in [6.07, 6.45) is 4.67. The Morgan fingerprint density at radius 2 is 2.06 bits per heavy atom. The predicted molar refractivity (Wildman–Crippen MR) is 69.5 cm³/mol. The van der Waals surface area contributed by atoms with Crippen molar-refractivity contribution in [2.24, 2.45) is 0 Å². The van der Waals surface area contributed by atoms with Crippen LogP contribution in [0.3, 0.4) is 0 Å². The number of fused-ring (bicyclic) bond motifs is 1. The number of nitrogens with one attached hydrogen (secondary N) is 1. The van der Waals surface area contributed by atoms with E-state index in [1.807, 2.05) is 0 Å². The summed E-state index contributed by atoms with van der Waals surface area (Å²) in [6.45, 7) is 6.44. The van der Waals surface area contributed by atoms with Gasteiger partial charge in [-0.25, -0.2) is 4.98 Å². The SMILES string of the molecule is Cc1nc(C)n2ccc(C3CCNCC3)cc12. The highest BCUT2D eigenvalue weighted by atomic mass is 15.0. The van der Waals surface area contributed by atoms with E-state index in [2.05, 4.69) is 46.9 Å². The molecule has 3 heteroatoms. The molecule has 3 nitrogen and oxygen atoms in total. The molecule has 0 spiro atoms. The Labute approximate surface area is 102 Å². The third-order valence-corrected chi connectivity index (χ3v) is 3.84. The van der Waals surface area contributed by atoms with E-state index in [1.54, 1.807) is 0 Å². The average molecular weight is 229 g/mol. The largest absolute Gasteiger partial charge is 0.317 e. The summed E-state index contributed by atoms with van der Waals surface area (Å²) >= 11 is 0. The van der Waals surface area contributed by atoms with Crippen molar-refractivity contribution in [3.05, 3.63) is 35.4 Å². The molecule has 0 aliphatic carbocycles. The van der Waals surface area contributed by atoms with E-state index in [0.717, 1.165) is 30.5 Å². The third-order valence-electron chi connectivity index (χ3n) is 3.84. The van der Waals surface area contributed by atoms with Crippen LogP contribution in [0.2, 0.25) is 0 Å². The van der Waals surface area contributed by atoms with E-state index < -0.39 is 0 Å². The van der Waals surface area contributed by atoms with Crippen LogP contribution in [0.15, 0.2) is 18.3 Å². The molecule has 2 aromatic heterocycles. The Balaban J connectivity index is 2.03. The standard InChI is InChI=1S/C14H19N3/c1-10-14-9-13(12-3-6-15-7-4-12)5-8-17(14)11(2)16-10/h5,8-9,12,15H,3-4,6-7H2,1-2H3. The monoisotopic (exact) mass is 229 g/mol. The summed E-state index contributed by atoms with van der Waals surface area (Å²) in [7, 11) is 0. The minimum absolute atomic E-state index is 0.718. The van der Waals surface area contributed by atoms with Crippen LogP contribution in [0.1, 0.15) is 35.8 Å². The van der Waals surface area contributed by atoms with Gasteiger partial charge < -0.3 is 9.72 Å². The van der Waals surface area contributed by atoms with Gasteiger partial charge in [-0.1, -0.05) is 0 Å². The first-order valence-corrected chi connectivity index (χ1v) is 6.41. The maximum absolute atomic E-state index is 4.53. The van der Waals surface area contributed by atoms with Gasteiger partial charge in [0.25, 0.3) is 0 Å². The Morgan fingerprint density at radius 3 is 2.82 bits per heavy atom. The van der Waals surface area contributed by atoms with Gasteiger partial charge in [0.05, 0.1) is 11.2 Å². The molecule has 1 saturated heterocycles. The maximum atomic E-state index is 4.53. The zero-order valence-electron chi connectivity index (χ0n) is 10.5. The molecular formula is C14H19N3. The fraction of sp³-hybridized carbons (Fsp3) is 0.500. The summed E-state index contributed by atoms with van der Waals surface area (Å²) in [4.78, 5) is 4.53. The lowest BCUT2D eigenvalue weighted by Crippen LogP contribution is -2.26. The molecule has 1 aliphatic rings. The van der Waals surface area contributed by atoms with Crippen molar-refractivity contribution in [3.63, 3.8) is 0 Å². The van der Waals surface area contributed by atoms with Crippen molar-refractivity contribution in [3.8, 4) is 0 Å². The summed E-state index contributed by atoms with van der Waals surface area (Å²) in [5.41, 5.74) is 3.87. The molecule has 17 heavy (non-hydrogen) atoms. The molecule has 0 bridgehead atoms. The maximum Gasteiger partial charge on any atom is 0.110 e. The average Bonchev–Trinajstić information content (AvgIpc) is 2.66. The fourth-order valence-electron chi connectivity index (χ4n) is 2.84. The first kappa shape index (κ1) is 10.8. The van der Waals surface area contributed by atoms with E-state index >= 15 is 0 Å². The number of imidazole rings is 1. The lowest BCUT2D eigenvalue weighted by atomic mass is 9.90. The van der Waals surface area contributed by atoms with E-state index in [-0.39, 0.29) is 0 Å². The summed E-state index contributed by atoms with van der Waals surface area (Å²) in [6, 6.07) is 4.59. The molecule has 0 unspecified atom stereocenters. The molecule has 0 radical (unpaired) electrons. The van der Waals surface area contributed by atoms with Crippen LogP contribution >= 0.6 is 0 Å². The molecule has 0 atom stereocenters. The molecule has 3 heterocycles. The van der Waals surface area contributed by atoms with Crippen molar-refractivity contribution in [1.82, 2.24) is 14.7 Å². The molecule has 3 rings (SSSR count). The number of aryl methyl sites for hydroxylation is 2. The minimum Gasteiger partial charge on any atom is -0.317 e. The second-order valence-corrected chi connectivity index (χ2v) is 4.98. The number of nitrogens with zero attached hydrogens (tertiary/aromatic N) is 2. The zero-order valence-corrected chi connectivity index (χ0v) is 10.5. The number of piperidine rings is 1. The van der Waals surface area contributed by atoms with Crippen LogP contribution < -0.4 is 5.32 Å². The van der Waals surface area contributed by atoms with Crippen molar-refractivity contribution in [1.29, 1.82) is 0 Å². The highest BCUT2D eigenvalue weighted by molar-refractivity contribution is 5.55. The van der Waals surface area contributed by atoms with Gasteiger partial charge in [-0.15, -0.1) is 0 Å². The van der Waals surface area contributed by atoms with E-state index in [1.165, 1.54) is 23.9 Å². The lowest BCUT2D eigenvalue weighted by Gasteiger charge is -2.23. The van der Waals surface area contributed by atoms with Crippen molar-refractivity contribution in [2.75, 3.05) is 13.1 Å². The van der Waals surface area contributed by atoms with Gasteiger partial charge in [-0.2, -0.15) is 0 Å². The van der Waals surface area contributed by atoms with Crippen LogP contribution in [0.5, 0.6) is 0 Å². The lowest BCUT2D eigenvalue weighted by molar-refractivity contribution is 0.460. The van der Waals surface area contributed by atoms with Crippen LogP contribution in [0, 0.1) is 13.8 Å². The third kappa shape index (κ3) is 1.84. The molecule has 1 N–H and O–H groups in total. The van der Waals surface area contributed by atoms with Gasteiger partial charge in [0.2, 0.25) is 0 Å². The zero-order chi connectivity index (χ0) is 11.8. The molecule has 0 saturated carbocycles. The Bertz CT molecular complexity index is 536. The Kier molecular flexibility index (Phi) is 2.63. The number of pyridine rings is 1. The first-order chi connectivity index (χ1) is 8.25. The van der Waals surface area contributed by atoms with Gasteiger partial charge in [-0.05, 0) is 63.4 Å². The van der Waals surface area contributed by atoms with Gasteiger partial charge in [0.1, 0.15) is 5.82 Å². The van der Waals surface area contributed by atoms with Crippen LogP contribution in [-0.2, 0) is 0 Å². The highest BCUT2D eigenvalue weighted by Gasteiger charge is 2.16. The number of hydrogen-bond donors (Lipinski definition) is 1. The van der Waals surface area contributed by atoms with Crippen LogP contribution in [0.25, 0.3) is 5.52 Å². The number of rotatable bonds is 1. The smallest absolute Gasteiger partial charge is 0.110 e. The Hall–Kier alpha value is -1.35. The minimum atomic E-state index is 0.718. The van der Waals surface area contributed by atoms with Crippen LogP contribution in [-0.4, -0.2) is 22.5 Å². The highest BCUT2D eigenvalue weighted by Crippen LogP contribution is 2.27. The second-order valence-electron chi connectivity index (χ2n) is 4.98. The quantitative estimate of drug-likeness (QED) is 0.813. The van der Waals surface area contributed by atoms with Gasteiger partial charge in [-0.3, -0.25) is 0 Å². The molecule has 2 aromatic rings. The van der Waals surface area contributed by atoms with Gasteiger partial charge in [0, 0.05) is 6.20 Å². The van der Waals surface area contributed by atoms with E-state index in [9.17, 15) is 0 Å². The van der Waals surface area contributed by atoms with Crippen molar-refractivity contribution in [2.45, 2.75) is 32.6 Å². The van der Waals surface area contributed by atoms with Gasteiger partial charge >= 0.3 is 0 Å². The summed E-state index contributed by atoms with van der Waals surface area (Å²) in [5.74, 6) is 1.80. The first-order valence-electron chi connectivity index (χ1n) is 6.41. The normalized spacial score (nSPS) is 17.8. The molecule has 0 aromatic carbocycles. The molecule has 0 amide bonds. The van der Waals surface area contributed by atoms with Crippen molar-refractivity contribution < 1.29 is 0 Å². The van der Waals surface area contributed by atoms with E-state index in [4.69, 9.17) is 0 Å².